The zero-order valence-corrected chi connectivity index (χ0v) is 11.0. The van der Waals surface area contributed by atoms with Crippen molar-refractivity contribution in [2.45, 2.75) is 26.7 Å². The molecule has 0 fully saturated rings. The Bertz CT molecular complexity index is 416. The van der Waals surface area contributed by atoms with E-state index < -0.39 is 0 Å². The summed E-state index contributed by atoms with van der Waals surface area (Å²) in [6.07, 6.45) is 0. The topological polar surface area (TPSA) is 50.4 Å². The average Bonchev–Trinajstić information content (AvgIpc) is 2.27. The quantitative estimate of drug-likeness (QED) is 0.782. The normalized spacial score (nSPS) is 12.1. The maximum absolute atomic E-state index is 11.8. The van der Waals surface area contributed by atoms with Crippen LogP contribution in [0.15, 0.2) is 12.1 Å². The molecule has 0 saturated carbocycles. The smallest absolute Gasteiger partial charge is 0.241 e. The molecule has 94 valence electrons. The van der Waals surface area contributed by atoms with Gasteiger partial charge in [0.1, 0.15) is 5.75 Å². The molecule has 4 nitrogen and oxygen atoms in total. The molecule has 0 aliphatic heterocycles. The van der Waals surface area contributed by atoms with Crippen LogP contribution in [0.25, 0.3) is 0 Å². The maximum atomic E-state index is 11.8. The number of aryl methyl sites for hydroxylation is 2. The first kappa shape index (κ1) is 13.5. The number of hydrazine groups is 1. The van der Waals surface area contributed by atoms with Gasteiger partial charge in [0.05, 0.1) is 13.0 Å². The van der Waals surface area contributed by atoms with Crippen LogP contribution < -0.4 is 15.6 Å². The van der Waals surface area contributed by atoms with Crippen molar-refractivity contribution in [1.29, 1.82) is 0 Å². The molecule has 0 saturated heterocycles. The molecule has 1 aromatic rings. The average molecular weight is 236 g/mol. The van der Waals surface area contributed by atoms with Crippen LogP contribution in [0.2, 0.25) is 0 Å². The Hall–Kier alpha value is -1.55. The van der Waals surface area contributed by atoms with Gasteiger partial charge in [-0.2, -0.15) is 0 Å². The minimum absolute atomic E-state index is 0.0733. The summed E-state index contributed by atoms with van der Waals surface area (Å²) in [4.78, 5) is 11.8. The monoisotopic (exact) mass is 236 g/mol. The zero-order valence-electron chi connectivity index (χ0n) is 11.0. The van der Waals surface area contributed by atoms with E-state index in [1.807, 2.05) is 32.9 Å². The molecule has 1 rings (SSSR count). The molecule has 1 amide bonds. The number of carbonyl (C=O) groups excluding carboxylic acids is 1. The lowest BCUT2D eigenvalue weighted by molar-refractivity contribution is -0.123. The molecule has 0 aromatic heterocycles. The van der Waals surface area contributed by atoms with Crippen LogP contribution in [0.1, 0.15) is 29.5 Å². The highest BCUT2D eigenvalue weighted by molar-refractivity contribution is 5.83. The van der Waals surface area contributed by atoms with Crippen molar-refractivity contribution in [2.24, 2.45) is 0 Å². The lowest BCUT2D eigenvalue weighted by Gasteiger charge is -2.18. The molecular weight excluding hydrogens is 216 g/mol. The highest BCUT2D eigenvalue weighted by Gasteiger charge is 2.20. The van der Waals surface area contributed by atoms with Gasteiger partial charge in [0, 0.05) is 12.6 Å². The lowest BCUT2D eigenvalue weighted by atomic mass is 9.95. The van der Waals surface area contributed by atoms with E-state index in [0.717, 1.165) is 22.4 Å². The summed E-state index contributed by atoms with van der Waals surface area (Å²) >= 11 is 0. The van der Waals surface area contributed by atoms with E-state index in [9.17, 15) is 4.79 Å². The predicted molar refractivity (Wildman–Crippen MR) is 68.1 cm³/mol. The van der Waals surface area contributed by atoms with Gasteiger partial charge >= 0.3 is 0 Å². The number of hydrogen-bond acceptors (Lipinski definition) is 3. The molecule has 0 heterocycles. The van der Waals surface area contributed by atoms with Gasteiger partial charge in [0.2, 0.25) is 5.91 Å². The molecule has 1 atom stereocenters. The van der Waals surface area contributed by atoms with Crippen molar-refractivity contribution >= 4 is 5.91 Å². The first-order valence-corrected chi connectivity index (χ1v) is 5.63. The summed E-state index contributed by atoms with van der Waals surface area (Å²) in [6.45, 7) is 5.86. The van der Waals surface area contributed by atoms with Gasteiger partial charge in [-0.3, -0.25) is 10.2 Å². The van der Waals surface area contributed by atoms with Crippen molar-refractivity contribution in [3.05, 3.63) is 28.8 Å². The fourth-order valence-electron chi connectivity index (χ4n) is 1.96. The highest BCUT2D eigenvalue weighted by atomic mass is 16.5. The number of methoxy groups -OCH3 is 1. The second-order valence-corrected chi connectivity index (χ2v) is 4.17. The predicted octanol–water partition coefficient (Wildman–Crippen LogP) is 1.67. The summed E-state index contributed by atoms with van der Waals surface area (Å²) in [5.41, 5.74) is 8.32. The van der Waals surface area contributed by atoms with E-state index in [0.29, 0.717) is 0 Å². The minimum Gasteiger partial charge on any atom is -0.496 e. The molecule has 1 aromatic carbocycles. The van der Waals surface area contributed by atoms with Crippen molar-refractivity contribution < 1.29 is 9.53 Å². The Morgan fingerprint density at radius 3 is 2.53 bits per heavy atom. The van der Waals surface area contributed by atoms with Gasteiger partial charge in [-0.05, 0) is 26.3 Å². The standard InChI is InChI=1S/C13H20N2O2/c1-8-6-9(2)12(17-5)11(7-8)10(3)13(16)15-14-4/h6-7,10,14H,1-5H3,(H,15,16). The Morgan fingerprint density at radius 2 is 2.00 bits per heavy atom. The second kappa shape index (κ2) is 5.68. The van der Waals surface area contributed by atoms with E-state index in [1.54, 1.807) is 14.2 Å². The van der Waals surface area contributed by atoms with Crippen LogP contribution in [0, 0.1) is 13.8 Å². The number of hydrogen-bond donors (Lipinski definition) is 2. The molecule has 0 bridgehead atoms. The largest absolute Gasteiger partial charge is 0.496 e. The summed E-state index contributed by atoms with van der Waals surface area (Å²) < 4.78 is 5.38. The molecule has 0 radical (unpaired) electrons. The van der Waals surface area contributed by atoms with E-state index in [2.05, 4.69) is 10.9 Å². The maximum Gasteiger partial charge on any atom is 0.241 e. The molecule has 1 unspecified atom stereocenters. The van der Waals surface area contributed by atoms with Crippen LogP contribution in [-0.4, -0.2) is 20.1 Å². The Labute approximate surface area is 102 Å². The lowest BCUT2D eigenvalue weighted by Crippen LogP contribution is -2.37. The van der Waals surface area contributed by atoms with Gasteiger partial charge in [-0.1, -0.05) is 17.7 Å². The molecule has 0 aliphatic carbocycles. The van der Waals surface area contributed by atoms with Crippen LogP contribution in [0.3, 0.4) is 0 Å². The zero-order chi connectivity index (χ0) is 13.0. The fourth-order valence-corrected chi connectivity index (χ4v) is 1.96. The summed E-state index contributed by atoms with van der Waals surface area (Å²) in [7, 11) is 3.30. The highest BCUT2D eigenvalue weighted by Crippen LogP contribution is 2.31. The van der Waals surface area contributed by atoms with Gasteiger partial charge < -0.3 is 4.74 Å². The molecular formula is C13H20N2O2. The first-order valence-electron chi connectivity index (χ1n) is 5.63. The third kappa shape index (κ3) is 2.97. The van der Waals surface area contributed by atoms with Crippen LogP contribution >= 0.6 is 0 Å². The van der Waals surface area contributed by atoms with Crippen LogP contribution in [0.4, 0.5) is 0 Å². The summed E-state index contributed by atoms with van der Waals surface area (Å²) in [6, 6.07) is 4.04. The summed E-state index contributed by atoms with van der Waals surface area (Å²) in [5.74, 6) is 0.459. The van der Waals surface area contributed by atoms with Crippen molar-refractivity contribution in [2.75, 3.05) is 14.2 Å². The van der Waals surface area contributed by atoms with Crippen molar-refractivity contribution in [1.82, 2.24) is 10.9 Å². The fraction of sp³-hybridized carbons (Fsp3) is 0.462. The number of ether oxygens (including phenoxy) is 1. The van der Waals surface area contributed by atoms with E-state index in [1.165, 1.54) is 0 Å². The first-order chi connectivity index (χ1) is 8.01. The SMILES string of the molecule is CNNC(=O)C(C)c1cc(C)cc(C)c1OC. The van der Waals surface area contributed by atoms with Crippen LogP contribution in [-0.2, 0) is 4.79 Å². The van der Waals surface area contributed by atoms with Gasteiger partial charge in [-0.15, -0.1) is 0 Å². The number of amides is 1. The van der Waals surface area contributed by atoms with E-state index >= 15 is 0 Å². The molecule has 0 spiro atoms. The molecule has 2 N–H and O–H groups in total. The second-order valence-electron chi connectivity index (χ2n) is 4.17. The molecule has 0 aliphatic rings. The van der Waals surface area contributed by atoms with Gasteiger partial charge in [-0.25, -0.2) is 5.43 Å². The summed E-state index contributed by atoms with van der Waals surface area (Å²) in [5, 5.41) is 0. The number of rotatable bonds is 4. The number of carbonyl (C=O) groups is 1. The van der Waals surface area contributed by atoms with Gasteiger partial charge in [0.25, 0.3) is 0 Å². The Balaban J connectivity index is 3.15. The van der Waals surface area contributed by atoms with Crippen molar-refractivity contribution in [3.8, 4) is 5.75 Å². The van der Waals surface area contributed by atoms with E-state index in [4.69, 9.17) is 4.74 Å². The molecule has 17 heavy (non-hydrogen) atoms. The third-order valence-electron chi connectivity index (χ3n) is 2.76. The third-order valence-corrected chi connectivity index (χ3v) is 2.76. The Kier molecular flexibility index (Phi) is 4.52. The molecule has 4 heteroatoms. The Morgan fingerprint density at radius 1 is 1.35 bits per heavy atom. The minimum atomic E-state index is -0.254. The van der Waals surface area contributed by atoms with E-state index in [-0.39, 0.29) is 11.8 Å². The number of nitrogens with one attached hydrogen (secondary N) is 2. The number of benzene rings is 1. The van der Waals surface area contributed by atoms with Crippen LogP contribution in [0.5, 0.6) is 5.75 Å². The van der Waals surface area contributed by atoms with Crippen molar-refractivity contribution in [3.63, 3.8) is 0 Å². The van der Waals surface area contributed by atoms with Gasteiger partial charge in [0.15, 0.2) is 0 Å².